The molecule has 0 spiro atoms. The van der Waals surface area contributed by atoms with Crippen molar-refractivity contribution in [2.45, 2.75) is 33.7 Å². The van der Waals surface area contributed by atoms with Crippen molar-refractivity contribution >= 4 is 0 Å². The van der Waals surface area contributed by atoms with Gasteiger partial charge in [-0.05, 0) is 0 Å². The van der Waals surface area contributed by atoms with Gasteiger partial charge in [-0.2, -0.15) is 0 Å². The van der Waals surface area contributed by atoms with E-state index in [2.05, 4.69) is 33.0 Å². The highest BCUT2D eigenvalue weighted by Crippen LogP contribution is 2.28. The number of ether oxygens (including phenoxy) is 3. The van der Waals surface area contributed by atoms with Crippen molar-refractivity contribution in [3.63, 3.8) is 0 Å². The Morgan fingerprint density at radius 1 is 1.00 bits per heavy atom. The normalized spacial score (nSPS) is 11.6. The molecule has 0 aliphatic rings. The van der Waals surface area contributed by atoms with Crippen LogP contribution < -0.4 is 19.5 Å². The number of hydrogen-bond acceptors (Lipinski definition) is 4. The minimum atomic E-state index is 0.0561. The summed E-state index contributed by atoms with van der Waals surface area (Å²) in [4.78, 5) is 0. The van der Waals surface area contributed by atoms with Gasteiger partial charge in [-0.1, -0.05) is 27.7 Å². The van der Waals surface area contributed by atoms with Gasteiger partial charge in [0.2, 0.25) is 0 Å². The third kappa shape index (κ3) is 5.70. The quantitative estimate of drug-likeness (QED) is 0.795. The summed E-state index contributed by atoms with van der Waals surface area (Å²) in [6.07, 6.45) is 0. The summed E-state index contributed by atoms with van der Waals surface area (Å²) >= 11 is 0. The van der Waals surface area contributed by atoms with Gasteiger partial charge < -0.3 is 19.5 Å². The third-order valence-corrected chi connectivity index (χ3v) is 2.94. The molecule has 1 rings (SSSR count). The van der Waals surface area contributed by atoms with Crippen molar-refractivity contribution < 1.29 is 14.2 Å². The van der Waals surface area contributed by atoms with E-state index in [9.17, 15) is 0 Å². The second kappa shape index (κ2) is 7.39. The van der Waals surface area contributed by atoms with Crippen LogP contribution >= 0.6 is 0 Å². The predicted octanol–water partition coefficient (Wildman–Crippen LogP) is 3.11. The van der Waals surface area contributed by atoms with Crippen LogP contribution in [0, 0.1) is 5.41 Å². The first-order valence-corrected chi connectivity index (χ1v) is 6.95. The Kier molecular flexibility index (Phi) is 6.14. The largest absolute Gasteiger partial charge is 0.496 e. The van der Waals surface area contributed by atoms with Gasteiger partial charge in [0.25, 0.3) is 0 Å². The lowest BCUT2D eigenvalue weighted by atomic mass is 9.94. The van der Waals surface area contributed by atoms with Crippen LogP contribution in [-0.4, -0.2) is 33.4 Å². The van der Waals surface area contributed by atoms with Gasteiger partial charge in [0.15, 0.2) is 0 Å². The summed E-state index contributed by atoms with van der Waals surface area (Å²) in [5.74, 6) is 2.23. The standard InChI is InChI=1S/C16H27NO3/c1-12(2)17-10-16(3,4)11-20-15-8-13(18-5)7-14(9-15)19-6/h7-9,12,17H,10-11H2,1-6H3. The fourth-order valence-electron chi connectivity index (χ4n) is 1.67. The molecule has 0 fully saturated rings. The molecule has 0 amide bonds. The highest BCUT2D eigenvalue weighted by atomic mass is 16.5. The molecule has 4 nitrogen and oxygen atoms in total. The van der Waals surface area contributed by atoms with Gasteiger partial charge in [-0.25, -0.2) is 0 Å². The first-order valence-electron chi connectivity index (χ1n) is 6.95. The van der Waals surface area contributed by atoms with Crippen LogP contribution in [-0.2, 0) is 0 Å². The van der Waals surface area contributed by atoms with Crippen LogP contribution in [0.3, 0.4) is 0 Å². The summed E-state index contributed by atoms with van der Waals surface area (Å²) in [6.45, 7) is 10.2. The molecule has 1 aromatic carbocycles. The molecule has 0 aromatic heterocycles. The van der Waals surface area contributed by atoms with E-state index in [1.165, 1.54) is 0 Å². The third-order valence-electron chi connectivity index (χ3n) is 2.94. The van der Waals surface area contributed by atoms with Crippen molar-refractivity contribution in [3.8, 4) is 17.2 Å². The van der Waals surface area contributed by atoms with E-state index >= 15 is 0 Å². The molecule has 1 aromatic rings. The zero-order chi connectivity index (χ0) is 15.2. The number of benzene rings is 1. The van der Waals surface area contributed by atoms with Crippen molar-refractivity contribution in [3.05, 3.63) is 18.2 Å². The van der Waals surface area contributed by atoms with Crippen molar-refractivity contribution in [2.75, 3.05) is 27.4 Å². The van der Waals surface area contributed by atoms with Crippen molar-refractivity contribution in [1.82, 2.24) is 5.32 Å². The zero-order valence-electron chi connectivity index (χ0n) is 13.4. The van der Waals surface area contributed by atoms with E-state index in [-0.39, 0.29) is 5.41 Å². The Morgan fingerprint density at radius 3 is 1.95 bits per heavy atom. The predicted molar refractivity (Wildman–Crippen MR) is 82.0 cm³/mol. The van der Waals surface area contributed by atoms with Gasteiger partial charge in [0.1, 0.15) is 17.2 Å². The molecule has 0 aliphatic heterocycles. The maximum absolute atomic E-state index is 5.89. The average molecular weight is 281 g/mol. The Bertz CT molecular complexity index is 394. The fourth-order valence-corrected chi connectivity index (χ4v) is 1.67. The summed E-state index contributed by atoms with van der Waals surface area (Å²) in [6, 6.07) is 6.05. The Labute approximate surface area is 122 Å². The Morgan fingerprint density at radius 2 is 1.50 bits per heavy atom. The second-order valence-electron chi connectivity index (χ2n) is 6.04. The molecule has 0 heterocycles. The lowest BCUT2D eigenvalue weighted by molar-refractivity contribution is 0.172. The Balaban J connectivity index is 2.64. The monoisotopic (exact) mass is 281 g/mol. The molecule has 0 radical (unpaired) electrons. The molecular weight excluding hydrogens is 254 g/mol. The topological polar surface area (TPSA) is 39.7 Å². The van der Waals surface area contributed by atoms with Crippen molar-refractivity contribution in [2.24, 2.45) is 5.41 Å². The minimum Gasteiger partial charge on any atom is -0.496 e. The smallest absolute Gasteiger partial charge is 0.126 e. The van der Waals surface area contributed by atoms with Gasteiger partial charge >= 0.3 is 0 Å². The molecule has 0 saturated heterocycles. The van der Waals surface area contributed by atoms with Crippen LogP contribution in [0.1, 0.15) is 27.7 Å². The SMILES string of the molecule is COc1cc(OC)cc(OCC(C)(C)CNC(C)C)c1. The molecule has 4 heteroatoms. The summed E-state index contributed by atoms with van der Waals surface area (Å²) < 4.78 is 16.4. The van der Waals surface area contributed by atoms with Crippen LogP contribution in [0.15, 0.2) is 18.2 Å². The van der Waals surface area contributed by atoms with Crippen molar-refractivity contribution in [1.29, 1.82) is 0 Å². The molecule has 0 saturated carbocycles. The van der Waals surface area contributed by atoms with Crippen LogP contribution in [0.4, 0.5) is 0 Å². The van der Waals surface area contributed by atoms with E-state index in [4.69, 9.17) is 14.2 Å². The summed E-state index contributed by atoms with van der Waals surface area (Å²) in [7, 11) is 3.27. The van der Waals surface area contributed by atoms with Crippen LogP contribution in [0.25, 0.3) is 0 Å². The first kappa shape index (κ1) is 16.6. The average Bonchev–Trinajstić information content (AvgIpc) is 2.43. The minimum absolute atomic E-state index is 0.0561. The van der Waals surface area contributed by atoms with E-state index in [0.29, 0.717) is 12.6 Å². The summed E-state index contributed by atoms with van der Waals surface area (Å²) in [5, 5.41) is 3.44. The van der Waals surface area contributed by atoms with Gasteiger partial charge in [-0.3, -0.25) is 0 Å². The molecule has 0 bridgehead atoms. The number of hydrogen-bond donors (Lipinski definition) is 1. The van der Waals surface area contributed by atoms with E-state index in [0.717, 1.165) is 23.8 Å². The molecule has 114 valence electrons. The number of methoxy groups -OCH3 is 2. The molecule has 0 atom stereocenters. The van der Waals surface area contributed by atoms with E-state index < -0.39 is 0 Å². The molecule has 0 aliphatic carbocycles. The zero-order valence-corrected chi connectivity index (χ0v) is 13.4. The van der Waals surface area contributed by atoms with E-state index in [1.54, 1.807) is 14.2 Å². The van der Waals surface area contributed by atoms with E-state index in [1.807, 2.05) is 18.2 Å². The summed E-state index contributed by atoms with van der Waals surface area (Å²) in [5.41, 5.74) is 0.0561. The van der Waals surface area contributed by atoms with Gasteiger partial charge in [0.05, 0.1) is 20.8 Å². The maximum Gasteiger partial charge on any atom is 0.126 e. The molecular formula is C16H27NO3. The van der Waals surface area contributed by atoms with Crippen LogP contribution in [0.2, 0.25) is 0 Å². The lowest BCUT2D eigenvalue weighted by Crippen LogP contribution is -2.37. The fraction of sp³-hybridized carbons (Fsp3) is 0.625. The highest BCUT2D eigenvalue weighted by molar-refractivity contribution is 5.42. The number of rotatable bonds is 8. The second-order valence-corrected chi connectivity index (χ2v) is 6.04. The number of nitrogens with one attached hydrogen (secondary N) is 1. The Hall–Kier alpha value is -1.42. The first-order chi connectivity index (χ1) is 9.36. The molecule has 0 unspecified atom stereocenters. The van der Waals surface area contributed by atoms with Gasteiger partial charge in [-0.15, -0.1) is 0 Å². The highest BCUT2D eigenvalue weighted by Gasteiger charge is 2.19. The maximum atomic E-state index is 5.89. The molecule has 1 N–H and O–H groups in total. The molecule has 20 heavy (non-hydrogen) atoms. The van der Waals surface area contributed by atoms with Gasteiger partial charge in [0, 0.05) is 36.2 Å². The lowest BCUT2D eigenvalue weighted by Gasteiger charge is -2.26. The van der Waals surface area contributed by atoms with Crippen LogP contribution in [0.5, 0.6) is 17.2 Å².